The van der Waals surface area contributed by atoms with E-state index >= 15 is 0 Å². The molecule has 0 aromatic heterocycles. The summed E-state index contributed by atoms with van der Waals surface area (Å²) in [5.41, 5.74) is -0.897. The van der Waals surface area contributed by atoms with Crippen molar-refractivity contribution in [3.05, 3.63) is 29.1 Å². The number of phenols is 1. The molecule has 0 aliphatic carbocycles. The molecule has 0 radical (unpaired) electrons. The monoisotopic (exact) mass is 303 g/mol. The van der Waals surface area contributed by atoms with Crippen molar-refractivity contribution in [3.63, 3.8) is 0 Å². The van der Waals surface area contributed by atoms with Crippen molar-refractivity contribution in [3.8, 4) is 5.75 Å². The van der Waals surface area contributed by atoms with Crippen molar-refractivity contribution >= 4 is 11.9 Å². The molecule has 0 spiro atoms. The molecule has 1 aromatic carbocycles. The molecule has 1 amide bonds. The molecule has 2 N–H and O–H groups in total. The molecular formula is C13H12F3NO4. The van der Waals surface area contributed by atoms with Crippen LogP contribution in [0.1, 0.15) is 23.7 Å². The van der Waals surface area contributed by atoms with E-state index in [0.29, 0.717) is 12.5 Å². The Morgan fingerprint density at radius 2 is 1.90 bits per heavy atom. The van der Waals surface area contributed by atoms with E-state index in [1.165, 1.54) is 0 Å². The van der Waals surface area contributed by atoms with E-state index < -0.39 is 46.7 Å². The van der Waals surface area contributed by atoms with Gasteiger partial charge < -0.3 is 15.1 Å². The van der Waals surface area contributed by atoms with Gasteiger partial charge in [-0.3, -0.25) is 4.79 Å². The lowest BCUT2D eigenvalue weighted by molar-refractivity contribution is -0.142. The summed E-state index contributed by atoms with van der Waals surface area (Å²) in [4.78, 5) is 24.2. The van der Waals surface area contributed by atoms with Crippen molar-refractivity contribution in [1.29, 1.82) is 0 Å². The summed E-state index contributed by atoms with van der Waals surface area (Å²) in [5, 5.41) is 18.2. The van der Waals surface area contributed by atoms with Crippen molar-refractivity contribution in [2.75, 3.05) is 6.54 Å². The van der Waals surface area contributed by atoms with Crippen molar-refractivity contribution in [1.82, 2.24) is 4.90 Å². The highest BCUT2D eigenvalue weighted by Crippen LogP contribution is 2.30. The highest BCUT2D eigenvalue weighted by molar-refractivity contribution is 5.97. The van der Waals surface area contributed by atoms with Gasteiger partial charge in [0.2, 0.25) is 5.82 Å². The fourth-order valence-electron chi connectivity index (χ4n) is 2.45. The molecule has 1 aliphatic heterocycles. The maximum atomic E-state index is 13.7. The summed E-state index contributed by atoms with van der Waals surface area (Å²) >= 11 is 0. The second kappa shape index (κ2) is 5.27. The molecule has 114 valence electrons. The minimum atomic E-state index is -1.80. The SMILES string of the molecule is CC1CCN(C(=O)c2cc(F)c(F)c(O)c2F)C1C(=O)O. The summed E-state index contributed by atoms with van der Waals surface area (Å²) in [5.74, 6) is -9.31. The van der Waals surface area contributed by atoms with Crippen LogP contribution in [0, 0.1) is 23.4 Å². The minimum Gasteiger partial charge on any atom is -0.503 e. The summed E-state index contributed by atoms with van der Waals surface area (Å²) in [7, 11) is 0. The molecule has 2 rings (SSSR count). The fraction of sp³-hybridized carbons (Fsp3) is 0.385. The van der Waals surface area contributed by atoms with Crippen LogP contribution in [0.3, 0.4) is 0 Å². The molecule has 2 unspecified atom stereocenters. The van der Waals surface area contributed by atoms with Crippen LogP contribution in [-0.2, 0) is 4.79 Å². The van der Waals surface area contributed by atoms with E-state index in [1.807, 2.05) is 0 Å². The maximum Gasteiger partial charge on any atom is 0.326 e. The predicted octanol–water partition coefficient (Wildman–Crippen LogP) is 1.74. The summed E-state index contributed by atoms with van der Waals surface area (Å²) < 4.78 is 39.9. The number of rotatable bonds is 2. The van der Waals surface area contributed by atoms with Gasteiger partial charge in [0.1, 0.15) is 6.04 Å². The van der Waals surface area contributed by atoms with E-state index in [4.69, 9.17) is 10.2 Å². The first-order valence-electron chi connectivity index (χ1n) is 6.16. The molecule has 1 heterocycles. The van der Waals surface area contributed by atoms with E-state index in [9.17, 15) is 22.8 Å². The third-order valence-electron chi connectivity index (χ3n) is 3.58. The molecule has 2 atom stereocenters. The number of aromatic hydroxyl groups is 1. The van der Waals surface area contributed by atoms with Gasteiger partial charge in [0, 0.05) is 6.54 Å². The Morgan fingerprint density at radius 1 is 1.29 bits per heavy atom. The Morgan fingerprint density at radius 3 is 2.48 bits per heavy atom. The summed E-state index contributed by atoms with van der Waals surface area (Å²) in [6, 6.07) is -0.860. The molecule has 8 heteroatoms. The van der Waals surface area contributed by atoms with E-state index in [-0.39, 0.29) is 12.5 Å². The molecular weight excluding hydrogens is 291 g/mol. The second-order valence-corrected chi connectivity index (χ2v) is 4.93. The number of carbonyl (C=O) groups is 2. The number of benzene rings is 1. The highest BCUT2D eigenvalue weighted by Gasteiger charge is 2.41. The van der Waals surface area contributed by atoms with E-state index in [2.05, 4.69) is 0 Å². The quantitative estimate of drug-likeness (QED) is 0.816. The first kappa shape index (κ1) is 15.1. The number of carboxylic acids is 1. The lowest BCUT2D eigenvalue weighted by Crippen LogP contribution is -2.43. The number of likely N-dealkylation sites (tertiary alicyclic amines) is 1. The maximum absolute atomic E-state index is 13.7. The fourth-order valence-corrected chi connectivity index (χ4v) is 2.45. The van der Waals surface area contributed by atoms with Crippen LogP contribution in [0.25, 0.3) is 0 Å². The molecule has 0 bridgehead atoms. The van der Waals surface area contributed by atoms with Gasteiger partial charge >= 0.3 is 5.97 Å². The van der Waals surface area contributed by atoms with Crippen LogP contribution in [0.5, 0.6) is 5.75 Å². The van der Waals surface area contributed by atoms with Crippen molar-refractivity contribution in [2.24, 2.45) is 5.92 Å². The Balaban J connectivity index is 2.44. The van der Waals surface area contributed by atoms with E-state index in [0.717, 1.165) is 4.90 Å². The number of aliphatic carboxylic acids is 1. The smallest absolute Gasteiger partial charge is 0.326 e. The van der Waals surface area contributed by atoms with Crippen LogP contribution >= 0.6 is 0 Å². The zero-order valence-electron chi connectivity index (χ0n) is 10.9. The van der Waals surface area contributed by atoms with Crippen LogP contribution in [0.15, 0.2) is 6.07 Å². The van der Waals surface area contributed by atoms with Gasteiger partial charge in [-0.1, -0.05) is 6.92 Å². The zero-order chi connectivity index (χ0) is 15.9. The third kappa shape index (κ3) is 2.41. The Hall–Kier alpha value is -2.25. The number of halogens is 3. The molecule has 1 fully saturated rings. The lowest BCUT2D eigenvalue weighted by Gasteiger charge is -2.23. The highest BCUT2D eigenvalue weighted by atomic mass is 19.2. The minimum absolute atomic E-state index is 0.0518. The Labute approximate surface area is 117 Å². The Kier molecular flexibility index (Phi) is 3.80. The third-order valence-corrected chi connectivity index (χ3v) is 3.58. The number of amides is 1. The van der Waals surface area contributed by atoms with Crippen molar-refractivity contribution < 1.29 is 33.0 Å². The largest absolute Gasteiger partial charge is 0.503 e. The molecule has 1 saturated heterocycles. The normalized spacial score (nSPS) is 21.6. The lowest BCUT2D eigenvalue weighted by atomic mass is 10.0. The number of hydrogen-bond donors (Lipinski definition) is 2. The van der Waals surface area contributed by atoms with Gasteiger partial charge in [0.25, 0.3) is 5.91 Å². The van der Waals surface area contributed by atoms with Crippen LogP contribution in [0.2, 0.25) is 0 Å². The van der Waals surface area contributed by atoms with Gasteiger partial charge in [-0.25, -0.2) is 13.6 Å². The van der Waals surface area contributed by atoms with Gasteiger partial charge in [-0.15, -0.1) is 0 Å². The van der Waals surface area contributed by atoms with E-state index in [1.54, 1.807) is 6.92 Å². The number of hydrogen-bond acceptors (Lipinski definition) is 3. The van der Waals surface area contributed by atoms with Gasteiger partial charge in [0.05, 0.1) is 5.56 Å². The summed E-state index contributed by atoms with van der Waals surface area (Å²) in [6.45, 7) is 1.67. The standard InChI is InChI=1S/C13H12F3NO4/c1-5-2-3-17(10(5)13(20)21)12(19)6-4-7(14)9(16)11(18)8(6)15/h4-5,10,18H,2-3H2,1H3,(H,20,21). The second-order valence-electron chi connectivity index (χ2n) is 4.93. The number of carboxylic acid groups (broad SMARTS) is 1. The average molecular weight is 303 g/mol. The molecule has 0 saturated carbocycles. The summed E-state index contributed by atoms with van der Waals surface area (Å²) in [6.07, 6.45) is 0.389. The van der Waals surface area contributed by atoms with Crippen LogP contribution < -0.4 is 0 Å². The Bertz CT molecular complexity index is 620. The number of phenolic OH excluding ortho intramolecular Hbond substituents is 1. The number of nitrogens with zero attached hydrogens (tertiary/aromatic N) is 1. The van der Waals surface area contributed by atoms with Crippen molar-refractivity contribution in [2.45, 2.75) is 19.4 Å². The predicted molar refractivity (Wildman–Crippen MR) is 64.2 cm³/mol. The molecule has 5 nitrogen and oxygen atoms in total. The molecule has 21 heavy (non-hydrogen) atoms. The van der Waals surface area contributed by atoms with Crippen LogP contribution in [0.4, 0.5) is 13.2 Å². The first-order valence-corrected chi connectivity index (χ1v) is 6.16. The molecule has 1 aromatic rings. The zero-order valence-corrected chi connectivity index (χ0v) is 10.9. The molecule has 1 aliphatic rings. The van der Waals surface area contributed by atoms with Crippen LogP contribution in [-0.4, -0.2) is 39.6 Å². The number of carbonyl (C=O) groups excluding carboxylic acids is 1. The van der Waals surface area contributed by atoms with Gasteiger partial charge in [-0.2, -0.15) is 4.39 Å². The average Bonchev–Trinajstić information content (AvgIpc) is 2.81. The topological polar surface area (TPSA) is 77.8 Å². The first-order chi connectivity index (χ1) is 9.75. The van der Waals surface area contributed by atoms with Gasteiger partial charge in [0.15, 0.2) is 17.4 Å². The van der Waals surface area contributed by atoms with Gasteiger partial charge in [-0.05, 0) is 18.4 Å².